The van der Waals surface area contributed by atoms with E-state index in [2.05, 4.69) is 29.5 Å². The summed E-state index contributed by atoms with van der Waals surface area (Å²) in [5, 5.41) is 6.87. The number of halogens is 1. The molecule has 0 spiro atoms. The lowest BCUT2D eigenvalue weighted by molar-refractivity contribution is -0.135. The molecule has 6 heteroatoms. The largest absolute Gasteiger partial charge is 0.356 e. The number of aliphatic imine (C=N–C) groups is 1. The predicted octanol–water partition coefficient (Wildman–Crippen LogP) is 3.45. The van der Waals surface area contributed by atoms with Crippen molar-refractivity contribution in [1.82, 2.24) is 15.5 Å². The number of carbonyl (C=O) groups excluding carboxylic acids is 1. The van der Waals surface area contributed by atoms with Gasteiger partial charge in [0.25, 0.3) is 0 Å². The Balaban J connectivity index is 1.49. The third kappa shape index (κ3) is 5.71. The quantitative estimate of drug-likeness (QED) is 0.586. The molecule has 2 fully saturated rings. The van der Waals surface area contributed by atoms with Gasteiger partial charge in [0.15, 0.2) is 5.96 Å². The van der Waals surface area contributed by atoms with Crippen LogP contribution in [-0.4, -0.2) is 49.5 Å². The molecule has 2 N–H and O–H groups in total. The minimum atomic E-state index is -0.219. The van der Waals surface area contributed by atoms with Crippen LogP contribution in [0.15, 0.2) is 29.3 Å². The fraction of sp³-hybridized carbons (Fsp3) is 0.652. The van der Waals surface area contributed by atoms with E-state index in [-0.39, 0.29) is 23.2 Å². The van der Waals surface area contributed by atoms with Crippen molar-refractivity contribution >= 4 is 11.9 Å². The molecule has 5 nitrogen and oxygen atoms in total. The number of amides is 1. The predicted molar refractivity (Wildman–Crippen MR) is 115 cm³/mol. The summed E-state index contributed by atoms with van der Waals surface area (Å²) in [5.74, 6) is 1.10. The Bertz CT molecular complexity index is 710. The van der Waals surface area contributed by atoms with Gasteiger partial charge in [0.05, 0.1) is 0 Å². The highest BCUT2D eigenvalue weighted by atomic mass is 19.1. The van der Waals surface area contributed by atoms with Gasteiger partial charge in [-0.05, 0) is 37.0 Å². The highest BCUT2D eigenvalue weighted by Crippen LogP contribution is 2.27. The first-order valence-corrected chi connectivity index (χ1v) is 10.9. The molecule has 1 aliphatic carbocycles. The van der Waals surface area contributed by atoms with Crippen molar-refractivity contribution in [3.63, 3.8) is 0 Å². The number of carbonyl (C=O) groups is 1. The lowest BCUT2D eigenvalue weighted by atomic mass is 9.84. The molecule has 3 rings (SSSR count). The summed E-state index contributed by atoms with van der Waals surface area (Å²) in [5.41, 5.74) is 0.913. The molecular weight excluding hydrogens is 367 g/mol. The smallest absolute Gasteiger partial charge is 0.225 e. The normalized spacial score (nSPS) is 21.3. The van der Waals surface area contributed by atoms with Gasteiger partial charge in [0.2, 0.25) is 5.91 Å². The second kappa shape index (κ2) is 9.59. The molecule has 1 aliphatic heterocycles. The van der Waals surface area contributed by atoms with Gasteiger partial charge >= 0.3 is 0 Å². The van der Waals surface area contributed by atoms with E-state index < -0.39 is 0 Å². The van der Waals surface area contributed by atoms with Gasteiger partial charge in [-0.15, -0.1) is 0 Å². The monoisotopic (exact) mass is 402 g/mol. The number of guanidine groups is 1. The highest BCUT2D eigenvalue weighted by molar-refractivity contribution is 5.81. The van der Waals surface area contributed by atoms with Crippen LogP contribution in [0.3, 0.4) is 0 Å². The first-order valence-electron chi connectivity index (χ1n) is 10.9. The standard InChI is InChI=1S/C23H35FN4O/c1-23(2,18-9-11-19(24)12-10-18)16-26-22(25-3)27-20-13-14-28(15-20)21(29)17-7-5-4-6-8-17/h9-12,17,20H,4-8,13-16H2,1-3H3,(H2,25,26,27). The summed E-state index contributed by atoms with van der Waals surface area (Å²) in [4.78, 5) is 19.1. The van der Waals surface area contributed by atoms with E-state index in [0.29, 0.717) is 12.5 Å². The molecule has 1 aromatic rings. The zero-order valence-electron chi connectivity index (χ0n) is 18.0. The summed E-state index contributed by atoms with van der Waals surface area (Å²) in [6.07, 6.45) is 6.69. The van der Waals surface area contributed by atoms with Crippen LogP contribution >= 0.6 is 0 Å². The summed E-state index contributed by atoms with van der Waals surface area (Å²) in [7, 11) is 1.76. The van der Waals surface area contributed by atoms with E-state index in [1.165, 1.54) is 31.4 Å². The van der Waals surface area contributed by atoms with Gasteiger partial charge in [0.1, 0.15) is 5.82 Å². The summed E-state index contributed by atoms with van der Waals surface area (Å²) in [6, 6.07) is 6.89. The molecule has 1 heterocycles. The Labute approximate surface area is 174 Å². The van der Waals surface area contributed by atoms with Crippen molar-refractivity contribution in [2.24, 2.45) is 10.9 Å². The molecule has 1 saturated heterocycles. The molecule has 1 amide bonds. The number of hydrogen-bond donors (Lipinski definition) is 2. The van der Waals surface area contributed by atoms with Crippen molar-refractivity contribution in [2.45, 2.75) is 63.8 Å². The van der Waals surface area contributed by atoms with Gasteiger partial charge in [-0.1, -0.05) is 45.2 Å². The third-order valence-corrected chi connectivity index (χ3v) is 6.34. The second-order valence-electron chi connectivity index (χ2n) is 9.07. The molecule has 160 valence electrons. The van der Waals surface area contributed by atoms with Crippen LogP contribution in [0.1, 0.15) is 57.9 Å². The molecule has 1 saturated carbocycles. The average molecular weight is 403 g/mol. The van der Waals surface area contributed by atoms with E-state index in [1.807, 2.05) is 17.0 Å². The number of hydrogen-bond acceptors (Lipinski definition) is 2. The fourth-order valence-electron chi connectivity index (χ4n) is 4.38. The molecule has 29 heavy (non-hydrogen) atoms. The molecule has 0 bridgehead atoms. The maximum Gasteiger partial charge on any atom is 0.225 e. The van der Waals surface area contributed by atoms with Crippen LogP contribution in [0, 0.1) is 11.7 Å². The van der Waals surface area contributed by atoms with Gasteiger partial charge < -0.3 is 15.5 Å². The zero-order valence-corrected chi connectivity index (χ0v) is 18.0. The van der Waals surface area contributed by atoms with Crippen LogP contribution < -0.4 is 10.6 Å². The first-order chi connectivity index (χ1) is 13.9. The second-order valence-corrected chi connectivity index (χ2v) is 9.07. The minimum Gasteiger partial charge on any atom is -0.356 e. The fourth-order valence-corrected chi connectivity index (χ4v) is 4.38. The number of likely N-dealkylation sites (tertiary alicyclic amines) is 1. The van der Waals surface area contributed by atoms with E-state index in [4.69, 9.17) is 0 Å². The van der Waals surface area contributed by atoms with E-state index >= 15 is 0 Å². The molecule has 1 aromatic carbocycles. The summed E-state index contributed by atoms with van der Waals surface area (Å²) >= 11 is 0. The molecule has 1 atom stereocenters. The SMILES string of the molecule is CN=C(NCC(C)(C)c1ccc(F)cc1)NC1CCN(C(=O)C2CCCCC2)C1. The van der Waals surface area contributed by atoms with Gasteiger partial charge in [-0.3, -0.25) is 9.79 Å². The molecule has 0 aromatic heterocycles. The summed E-state index contributed by atoms with van der Waals surface area (Å²) in [6.45, 7) is 6.50. The lowest BCUT2D eigenvalue weighted by Crippen LogP contribution is -2.48. The van der Waals surface area contributed by atoms with E-state index in [1.54, 1.807) is 7.05 Å². The van der Waals surface area contributed by atoms with Gasteiger partial charge in [-0.25, -0.2) is 4.39 Å². The maximum atomic E-state index is 13.2. The number of benzene rings is 1. The van der Waals surface area contributed by atoms with Crippen LogP contribution in [0.2, 0.25) is 0 Å². The Hall–Kier alpha value is -2.11. The van der Waals surface area contributed by atoms with Crippen molar-refractivity contribution in [3.8, 4) is 0 Å². The Kier molecular flexibility index (Phi) is 7.14. The Morgan fingerprint density at radius 1 is 1.17 bits per heavy atom. The number of nitrogens with zero attached hydrogens (tertiary/aromatic N) is 2. The number of rotatable bonds is 5. The van der Waals surface area contributed by atoms with Crippen LogP contribution in [0.25, 0.3) is 0 Å². The van der Waals surface area contributed by atoms with Crippen molar-refractivity contribution in [1.29, 1.82) is 0 Å². The van der Waals surface area contributed by atoms with Crippen molar-refractivity contribution in [2.75, 3.05) is 26.7 Å². The van der Waals surface area contributed by atoms with Crippen LogP contribution in [0.5, 0.6) is 0 Å². The van der Waals surface area contributed by atoms with Gasteiger partial charge in [-0.2, -0.15) is 0 Å². The minimum absolute atomic E-state index is 0.163. The molecule has 0 radical (unpaired) electrons. The third-order valence-electron chi connectivity index (χ3n) is 6.34. The van der Waals surface area contributed by atoms with Crippen LogP contribution in [0.4, 0.5) is 4.39 Å². The molecule has 2 aliphatic rings. The van der Waals surface area contributed by atoms with E-state index in [9.17, 15) is 9.18 Å². The summed E-state index contributed by atoms with van der Waals surface area (Å²) < 4.78 is 13.2. The van der Waals surface area contributed by atoms with Crippen molar-refractivity contribution in [3.05, 3.63) is 35.6 Å². The molecular formula is C23H35FN4O. The van der Waals surface area contributed by atoms with Gasteiger partial charge in [0, 0.05) is 44.1 Å². The number of nitrogens with one attached hydrogen (secondary N) is 2. The first kappa shape index (κ1) is 21.6. The van der Waals surface area contributed by atoms with Crippen molar-refractivity contribution < 1.29 is 9.18 Å². The molecule has 1 unspecified atom stereocenters. The lowest BCUT2D eigenvalue weighted by Gasteiger charge is -2.28. The highest BCUT2D eigenvalue weighted by Gasteiger charge is 2.32. The zero-order chi connectivity index (χ0) is 20.9. The Morgan fingerprint density at radius 3 is 2.52 bits per heavy atom. The topological polar surface area (TPSA) is 56.7 Å². The van der Waals surface area contributed by atoms with E-state index in [0.717, 1.165) is 43.9 Å². The average Bonchev–Trinajstić information content (AvgIpc) is 3.20. The Morgan fingerprint density at radius 2 is 1.86 bits per heavy atom. The van der Waals surface area contributed by atoms with Crippen LogP contribution in [-0.2, 0) is 10.2 Å². The maximum absolute atomic E-state index is 13.2.